The summed E-state index contributed by atoms with van der Waals surface area (Å²) in [5.74, 6) is -0.454. The summed E-state index contributed by atoms with van der Waals surface area (Å²) < 4.78 is 0. The number of anilines is 1. The molecule has 1 aromatic carbocycles. The van der Waals surface area contributed by atoms with Gasteiger partial charge in [0.25, 0.3) is 5.91 Å². The van der Waals surface area contributed by atoms with Gasteiger partial charge in [-0.2, -0.15) is 5.26 Å². The van der Waals surface area contributed by atoms with Crippen LogP contribution in [0.5, 0.6) is 0 Å². The molecule has 1 aromatic rings. The predicted molar refractivity (Wildman–Crippen MR) is 73.9 cm³/mol. The number of nitrogens with one attached hydrogen (secondary N) is 3. The number of amides is 1. The van der Waals surface area contributed by atoms with E-state index >= 15 is 0 Å². The van der Waals surface area contributed by atoms with Crippen LogP contribution in [0, 0.1) is 18.3 Å². The van der Waals surface area contributed by atoms with Gasteiger partial charge < -0.3 is 5.32 Å². The summed E-state index contributed by atoms with van der Waals surface area (Å²) >= 11 is 10.9. The number of hydrogen-bond acceptors (Lipinski definition) is 3. The highest BCUT2D eigenvalue weighted by Gasteiger charge is 2.04. The minimum absolute atomic E-state index is 0.214. The third-order valence-corrected chi connectivity index (χ3v) is 2.68. The minimum atomic E-state index is -0.454. The lowest BCUT2D eigenvalue weighted by molar-refractivity contribution is -0.120. The van der Waals surface area contributed by atoms with Crippen molar-refractivity contribution in [2.24, 2.45) is 0 Å². The average Bonchev–Trinajstić information content (AvgIpc) is 2.33. The molecule has 0 unspecified atom stereocenters. The molecule has 0 atom stereocenters. The first kappa shape index (κ1) is 14.2. The first-order valence-electron chi connectivity index (χ1n) is 5.02. The van der Waals surface area contributed by atoms with Gasteiger partial charge in [0, 0.05) is 10.7 Å². The van der Waals surface area contributed by atoms with Crippen LogP contribution in [-0.4, -0.2) is 11.0 Å². The van der Waals surface area contributed by atoms with Crippen molar-refractivity contribution < 1.29 is 4.79 Å². The lowest BCUT2D eigenvalue weighted by Gasteiger charge is -2.13. The summed E-state index contributed by atoms with van der Waals surface area (Å²) in [7, 11) is 0. The van der Waals surface area contributed by atoms with Crippen molar-refractivity contribution in [1.82, 2.24) is 10.9 Å². The second kappa shape index (κ2) is 6.79. The summed E-state index contributed by atoms with van der Waals surface area (Å²) in [4.78, 5) is 11.0. The number of hydrazine groups is 1. The number of thiocarbonyl (C=S) groups is 1. The number of hydrogen-bond donors (Lipinski definition) is 3. The quantitative estimate of drug-likeness (QED) is 0.570. The molecule has 0 aliphatic carbocycles. The van der Waals surface area contributed by atoms with Gasteiger partial charge in [-0.25, -0.2) is 0 Å². The summed E-state index contributed by atoms with van der Waals surface area (Å²) in [6.45, 7) is 1.85. The highest BCUT2D eigenvalue weighted by molar-refractivity contribution is 7.80. The zero-order valence-electron chi connectivity index (χ0n) is 9.58. The lowest BCUT2D eigenvalue weighted by atomic mass is 10.2. The van der Waals surface area contributed by atoms with E-state index < -0.39 is 5.91 Å². The third kappa shape index (κ3) is 4.20. The molecule has 1 rings (SSSR count). The number of benzene rings is 1. The monoisotopic (exact) mass is 282 g/mol. The Morgan fingerprint density at radius 2 is 2.22 bits per heavy atom. The Bertz CT molecular complexity index is 512. The van der Waals surface area contributed by atoms with Gasteiger partial charge in [-0.15, -0.1) is 0 Å². The largest absolute Gasteiger partial charge is 0.331 e. The van der Waals surface area contributed by atoms with E-state index in [1.807, 2.05) is 13.0 Å². The van der Waals surface area contributed by atoms with Crippen LogP contribution in [0.1, 0.15) is 12.0 Å². The number of nitrogens with zero attached hydrogens (tertiary/aromatic N) is 1. The fourth-order valence-corrected chi connectivity index (χ4v) is 1.47. The fraction of sp³-hybridized carbons (Fsp3) is 0.182. The number of rotatable bonds is 2. The molecule has 0 aliphatic rings. The van der Waals surface area contributed by atoms with Crippen molar-refractivity contribution in [1.29, 1.82) is 5.26 Å². The molecule has 0 heterocycles. The Hall–Kier alpha value is -1.84. The first-order chi connectivity index (χ1) is 8.54. The van der Waals surface area contributed by atoms with E-state index in [0.29, 0.717) is 5.02 Å². The molecule has 0 spiro atoms. The Balaban J connectivity index is 2.53. The van der Waals surface area contributed by atoms with Crippen molar-refractivity contribution in [3.05, 3.63) is 28.8 Å². The van der Waals surface area contributed by atoms with Crippen LogP contribution in [-0.2, 0) is 4.79 Å². The molecule has 0 aromatic heterocycles. The Kier molecular flexibility index (Phi) is 5.36. The maximum absolute atomic E-state index is 11.0. The van der Waals surface area contributed by atoms with Gasteiger partial charge in [0.2, 0.25) is 0 Å². The molecule has 5 nitrogen and oxygen atoms in total. The van der Waals surface area contributed by atoms with E-state index in [0.717, 1.165) is 11.3 Å². The third-order valence-electron chi connectivity index (χ3n) is 2.07. The summed E-state index contributed by atoms with van der Waals surface area (Å²) in [5, 5.41) is 12.0. The van der Waals surface area contributed by atoms with Gasteiger partial charge >= 0.3 is 0 Å². The molecule has 0 saturated heterocycles. The second-order valence-corrected chi connectivity index (χ2v) is 4.19. The van der Waals surface area contributed by atoms with E-state index in [2.05, 4.69) is 16.2 Å². The van der Waals surface area contributed by atoms with Crippen LogP contribution < -0.4 is 16.2 Å². The molecule has 1 amide bonds. The SMILES string of the molecule is Cc1c(Cl)cccc1NC(=S)NNC(=O)CC#N. The molecule has 0 saturated carbocycles. The molecule has 94 valence electrons. The average molecular weight is 283 g/mol. The number of carbonyl (C=O) groups excluding carboxylic acids is 1. The van der Waals surface area contributed by atoms with Crippen LogP contribution in [0.25, 0.3) is 0 Å². The van der Waals surface area contributed by atoms with E-state index in [9.17, 15) is 4.79 Å². The topological polar surface area (TPSA) is 76.9 Å². The molecule has 0 radical (unpaired) electrons. The number of nitriles is 1. The zero-order chi connectivity index (χ0) is 13.5. The van der Waals surface area contributed by atoms with Crippen molar-refractivity contribution in [3.8, 4) is 6.07 Å². The Morgan fingerprint density at radius 1 is 1.50 bits per heavy atom. The lowest BCUT2D eigenvalue weighted by Crippen LogP contribution is -2.43. The second-order valence-electron chi connectivity index (χ2n) is 3.37. The van der Waals surface area contributed by atoms with E-state index in [1.165, 1.54) is 0 Å². The van der Waals surface area contributed by atoms with E-state index in [4.69, 9.17) is 29.1 Å². The smallest absolute Gasteiger partial charge is 0.252 e. The van der Waals surface area contributed by atoms with Gasteiger partial charge in [-0.3, -0.25) is 15.6 Å². The van der Waals surface area contributed by atoms with Crippen molar-refractivity contribution in [3.63, 3.8) is 0 Å². The Morgan fingerprint density at radius 3 is 2.89 bits per heavy atom. The standard InChI is InChI=1S/C11H11ClN4OS/c1-7-8(12)3-2-4-9(7)14-11(18)16-15-10(17)5-6-13/h2-4H,5H2,1H3,(H,15,17)(H2,14,16,18). The maximum atomic E-state index is 11.0. The molecule has 0 fully saturated rings. The summed E-state index contributed by atoms with van der Waals surface area (Å²) in [6, 6.07) is 7.09. The van der Waals surface area contributed by atoms with Crippen LogP contribution in [0.4, 0.5) is 5.69 Å². The fourth-order valence-electron chi connectivity index (χ4n) is 1.14. The van der Waals surface area contributed by atoms with E-state index in [-0.39, 0.29) is 11.5 Å². The highest BCUT2D eigenvalue weighted by atomic mass is 35.5. The predicted octanol–water partition coefficient (Wildman–Crippen LogP) is 1.88. The minimum Gasteiger partial charge on any atom is -0.331 e. The van der Waals surface area contributed by atoms with Crippen LogP contribution >= 0.6 is 23.8 Å². The summed E-state index contributed by atoms with van der Waals surface area (Å²) in [6.07, 6.45) is -0.230. The Labute approximate surface area is 115 Å². The molecule has 3 N–H and O–H groups in total. The molecule has 18 heavy (non-hydrogen) atoms. The van der Waals surface area contributed by atoms with Crippen molar-refractivity contribution in [2.45, 2.75) is 13.3 Å². The van der Waals surface area contributed by atoms with Gasteiger partial charge in [-0.1, -0.05) is 17.7 Å². The highest BCUT2D eigenvalue weighted by Crippen LogP contribution is 2.22. The normalized spacial score (nSPS) is 9.17. The van der Waals surface area contributed by atoms with Crippen LogP contribution in [0.2, 0.25) is 5.02 Å². The van der Waals surface area contributed by atoms with Crippen LogP contribution in [0.15, 0.2) is 18.2 Å². The van der Waals surface area contributed by atoms with Crippen molar-refractivity contribution >= 4 is 40.5 Å². The van der Waals surface area contributed by atoms with Crippen LogP contribution in [0.3, 0.4) is 0 Å². The maximum Gasteiger partial charge on any atom is 0.252 e. The van der Waals surface area contributed by atoms with Crippen molar-refractivity contribution in [2.75, 3.05) is 5.32 Å². The zero-order valence-corrected chi connectivity index (χ0v) is 11.2. The molecular formula is C11H11ClN4OS. The summed E-state index contributed by atoms with van der Waals surface area (Å²) in [5.41, 5.74) is 6.38. The molecular weight excluding hydrogens is 272 g/mol. The molecule has 7 heteroatoms. The molecule has 0 aliphatic heterocycles. The van der Waals surface area contributed by atoms with Gasteiger partial charge in [0.15, 0.2) is 5.11 Å². The number of halogens is 1. The van der Waals surface area contributed by atoms with Gasteiger partial charge in [-0.05, 0) is 36.8 Å². The first-order valence-corrected chi connectivity index (χ1v) is 5.81. The van der Waals surface area contributed by atoms with Gasteiger partial charge in [0.05, 0.1) is 6.07 Å². The van der Waals surface area contributed by atoms with E-state index in [1.54, 1.807) is 18.2 Å². The number of carbonyl (C=O) groups is 1. The van der Waals surface area contributed by atoms with Gasteiger partial charge in [0.1, 0.15) is 6.42 Å². The molecule has 0 bridgehead atoms.